The van der Waals surface area contributed by atoms with Crippen LogP contribution in [-0.4, -0.2) is 23.9 Å². The topological polar surface area (TPSA) is 62.9 Å². The van der Waals surface area contributed by atoms with Crippen LogP contribution in [0.2, 0.25) is 0 Å². The first-order valence-electron chi connectivity index (χ1n) is 5.15. The van der Waals surface area contributed by atoms with E-state index in [0.29, 0.717) is 5.96 Å². The molecule has 0 saturated heterocycles. The van der Waals surface area contributed by atoms with Crippen molar-refractivity contribution < 1.29 is 4.84 Å². The molecule has 0 aromatic heterocycles. The first kappa shape index (κ1) is 9.08. The molecule has 0 atom stereocenters. The van der Waals surface area contributed by atoms with E-state index in [9.17, 15) is 0 Å². The number of hydroxylamine groups is 1. The Kier molecular flexibility index (Phi) is 1.96. The summed E-state index contributed by atoms with van der Waals surface area (Å²) in [5.74, 6) is 2.18. The first-order valence-corrected chi connectivity index (χ1v) is 5.15. The van der Waals surface area contributed by atoms with Crippen LogP contribution in [0.4, 0.5) is 0 Å². The van der Waals surface area contributed by atoms with Crippen molar-refractivity contribution >= 4 is 12.0 Å². The van der Waals surface area contributed by atoms with E-state index in [-0.39, 0.29) is 0 Å². The van der Waals surface area contributed by atoms with Crippen molar-refractivity contribution in [2.75, 3.05) is 13.1 Å². The molecule has 82 valence electrons. The van der Waals surface area contributed by atoms with E-state index < -0.39 is 0 Å². The molecule has 0 saturated carbocycles. The van der Waals surface area contributed by atoms with Gasteiger partial charge in [-0.3, -0.25) is 9.89 Å². The number of hydrogen-bond acceptors (Lipinski definition) is 5. The van der Waals surface area contributed by atoms with Crippen LogP contribution < -0.4 is 16.1 Å². The van der Waals surface area contributed by atoms with Crippen molar-refractivity contribution in [1.82, 2.24) is 10.4 Å². The highest BCUT2D eigenvalue weighted by molar-refractivity contribution is 5.82. The second kappa shape index (κ2) is 3.44. The number of benzene rings is 1. The van der Waals surface area contributed by atoms with Crippen molar-refractivity contribution in [3.8, 4) is 5.75 Å². The van der Waals surface area contributed by atoms with E-state index in [0.717, 1.165) is 30.2 Å². The molecule has 0 radical (unpaired) electrons. The van der Waals surface area contributed by atoms with E-state index in [1.807, 2.05) is 35.2 Å². The maximum atomic E-state index is 5.77. The van der Waals surface area contributed by atoms with Gasteiger partial charge in [0.05, 0.1) is 6.54 Å². The number of para-hydroxylation sites is 1. The van der Waals surface area contributed by atoms with Gasteiger partial charge in [0, 0.05) is 12.1 Å². The summed E-state index contributed by atoms with van der Waals surface area (Å²) in [6.45, 7) is 1.52. The number of nitrogens with zero attached hydrogens (tertiary/aromatic N) is 2. The molecule has 5 nitrogen and oxygen atoms in total. The lowest BCUT2D eigenvalue weighted by Crippen LogP contribution is -2.40. The predicted molar refractivity (Wildman–Crippen MR) is 61.4 cm³/mol. The lowest BCUT2D eigenvalue weighted by Gasteiger charge is -2.25. The molecule has 0 amide bonds. The standard InChI is InChI=1S/C11H12N4O/c12-11-13-5-6-15(11)10-7-8-3-1-2-4-9(8)16-14-10/h1-4,7,14H,5-6H2,(H2,12,13). The van der Waals surface area contributed by atoms with Crippen molar-refractivity contribution in [2.24, 2.45) is 10.7 Å². The van der Waals surface area contributed by atoms with E-state index in [2.05, 4.69) is 10.5 Å². The second-order valence-corrected chi connectivity index (χ2v) is 3.66. The van der Waals surface area contributed by atoms with Gasteiger partial charge in [0.1, 0.15) is 5.82 Å². The fourth-order valence-electron chi connectivity index (χ4n) is 1.82. The van der Waals surface area contributed by atoms with Crippen molar-refractivity contribution in [3.63, 3.8) is 0 Å². The number of aliphatic imine (C=N–C) groups is 1. The average molecular weight is 216 g/mol. The molecule has 5 heteroatoms. The Labute approximate surface area is 93.2 Å². The van der Waals surface area contributed by atoms with Gasteiger partial charge in [0.15, 0.2) is 11.7 Å². The molecule has 2 aliphatic rings. The molecule has 0 bridgehead atoms. The molecule has 0 unspecified atom stereocenters. The van der Waals surface area contributed by atoms with E-state index >= 15 is 0 Å². The van der Waals surface area contributed by atoms with Gasteiger partial charge in [-0.1, -0.05) is 18.2 Å². The zero-order valence-corrected chi connectivity index (χ0v) is 8.68. The lowest BCUT2D eigenvalue weighted by atomic mass is 10.2. The lowest BCUT2D eigenvalue weighted by molar-refractivity contribution is 0.196. The normalized spacial score (nSPS) is 18.1. The van der Waals surface area contributed by atoms with Crippen LogP contribution in [-0.2, 0) is 0 Å². The molecule has 3 N–H and O–H groups in total. The summed E-state index contributed by atoms with van der Waals surface area (Å²) in [6.07, 6.45) is 2.01. The van der Waals surface area contributed by atoms with Gasteiger partial charge in [-0.2, -0.15) is 0 Å². The van der Waals surface area contributed by atoms with Crippen LogP contribution in [0.25, 0.3) is 6.08 Å². The number of fused-ring (bicyclic) bond motifs is 1. The zero-order valence-electron chi connectivity index (χ0n) is 8.68. The third-order valence-corrected chi connectivity index (χ3v) is 2.64. The third kappa shape index (κ3) is 1.37. The fourth-order valence-corrected chi connectivity index (χ4v) is 1.82. The summed E-state index contributed by atoms with van der Waals surface area (Å²) in [5.41, 5.74) is 9.68. The van der Waals surface area contributed by atoms with Crippen molar-refractivity contribution in [2.45, 2.75) is 0 Å². The highest BCUT2D eigenvalue weighted by Crippen LogP contribution is 2.25. The predicted octanol–water partition coefficient (Wildman–Crippen LogP) is 0.512. The minimum absolute atomic E-state index is 0.529. The Bertz CT molecular complexity index is 481. The SMILES string of the molecule is NC1=NCCN1C1=Cc2ccccc2ON1. The Hall–Kier alpha value is -2.17. The van der Waals surface area contributed by atoms with Crippen LogP contribution in [0.1, 0.15) is 5.56 Å². The molecule has 0 aliphatic carbocycles. The average Bonchev–Trinajstić information content (AvgIpc) is 2.75. The summed E-state index contributed by atoms with van der Waals surface area (Å²) in [5, 5.41) is 0. The monoisotopic (exact) mass is 216 g/mol. The van der Waals surface area contributed by atoms with Gasteiger partial charge in [-0.05, 0) is 12.1 Å². The Balaban J connectivity index is 1.95. The van der Waals surface area contributed by atoms with E-state index in [1.54, 1.807) is 0 Å². The van der Waals surface area contributed by atoms with Gasteiger partial charge in [0.25, 0.3) is 0 Å². The number of nitrogens with two attached hydrogens (primary N) is 1. The van der Waals surface area contributed by atoms with Crippen LogP contribution in [0.3, 0.4) is 0 Å². The molecular formula is C11H12N4O. The number of guanidine groups is 1. The molecule has 1 aromatic carbocycles. The molecule has 2 aliphatic heterocycles. The summed E-state index contributed by atoms with van der Waals surface area (Å²) in [6, 6.07) is 7.82. The van der Waals surface area contributed by atoms with E-state index in [4.69, 9.17) is 10.6 Å². The van der Waals surface area contributed by atoms with Crippen molar-refractivity contribution in [1.29, 1.82) is 0 Å². The Morgan fingerprint density at radius 1 is 1.38 bits per heavy atom. The van der Waals surface area contributed by atoms with Crippen LogP contribution in [0.5, 0.6) is 5.75 Å². The molecule has 0 spiro atoms. The molecule has 2 heterocycles. The van der Waals surface area contributed by atoms with Crippen LogP contribution in [0, 0.1) is 0 Å². The smallest absolute Gasteiger partial charge is 0.197 e. The quantitative estimate of drug-likeness (QED) is 0.718. The van der Waals surface area contributed by atoms with Crippen LogP contribution in [0.15, 0.2) is 35.1 Å². The summed E-state index contributed by atoms with van der Waals surface area (Å²) >= 11 is 0. The van der Waals surface area contributed by atoms with Crippen LogP contribution >= 0.6 is 0 Å². The third-order valence-electron chi connectivity index (χ3n) is 2.64. The van der Waals surface area contributed by atoms with Gasteiger partial charge >= 0.3 is 0 Å². The number of nitrogens with one attached hydrogen (secondary N) is 1. The second-order valence-electron chi connectivity index (χ2n) is 3.66. The van der Waals surface area contributed by atoms with Gasteiger partial charge in [-0.25, -0.2) is 5.48 Å². The fraction of sp³-hybridized carbons (Fsp3) is 0.182. The minimum atomic E-state index is 0.529. The summed E-state index contributed by atoms with van der Waals surface area (Å²) in [7, 11) is 0. The molecule has 0 fully saturated rings. The number of rotatable bonds is 1. The van der Waals surface area contributed by atoms with Gasteiger partial charge in [0.2, 0.25) is 0 Å². The number of hydrogen-bond donors (Lipinski definition) is 2. The highest BCUT2D eigenvalue weighted by Gasteiger charge is 2.21. The maximum Gasteiger partial charge on any atom is 0.197 e. The first-order chi connectivity index (χ1) is 7.84. The van der Waals surface area contributed by atoms with Gasteiger partial charge < -0.3 is 10.6 Å². The molecule has 3 rings (SSSR count). The largest absolute Gasteiger partial charge is 0.380 e. The van der Waals surface area contributed by atoms with E-state index in [1.165, 1.54) is 0 Å². The highest BCUT2D eigenvalue weighted by atomic mass is 16.6. The van der Waals surface area contributed by atoms with Crippen molar-refractivity contribution in [3.05, 3.63) is 35.6 Å². The zero-order chi connectivity index (χ0) is 11.0. The summed E-state index contributed by atoms with van der Waals surface area (Å²) < 4.78 is 0. The minimum Gasteiger partial charge on any atom is -0.380 e. The summed E-state index contributed by atoms with van der Waals surface area (Å²) in [4.78, 5) is 11.5. The Morgan fingerprint density at radius 3 is 3.06 bits per heavy atom. The molecular weight excluding hydrogens is 204 g/mol. The molecule has 1 aromatic rings. The van der Waals surface area contributed by atoms with Gasteiger partial charge in [-0.15, -0.1) is 0 Å². The Morgan fingerprint density at radius 2 is 2.25 bits per heavy atom. The molecule has 16 heavy (non-hydrogen) atoms. The maximum absolute atomic E-state index is 5.77.